The normalized spacial score (nSPS) is 11.6. The predicted octanol–water partition coefficient (Wildman–Crippen LogP) is -2.24. The van der Waals surface area contributed by atoms with E-state index >= 15 is 0 Å². The lowest BCUT2D eigenvalue weighted by molar-refractivity contribution is -0.908. The summed E-state index contributed by atoms with van der Waals surface area (Å²) in [5.41, 5.74) is 0.556. The maximum Gasteiger partial charge on any atom is 0.279 e. The highest BCUT2D eigenvalue weighted by Gasteiger charge is 2.09. The monoisotopic (exact) mass is 330 g/mol. The molecule has 0 aliphatic heterocycles. The first-order valence-corrected chi connectivity index (χ1v) is 8.99. The third-order valence-electron chi connectivity index (χ3n) is 3.50. The van der Waals surface area contributed by atoms with E-state index in [2.05, 4.69) is 19.2 Å². The number of carbonyl (C=O) groups excluding carboxylic acids is 1. The number of benzene rings is 1. The van der Waals surface area contributed by atoms with Crippen LogP contribution in [0.2, 0.25) is 0 Å². The van der Waals surface area contributed by atoms with Gasteiger partial charge in [-0.3, -0.25) is 4.79 Å². The van der Waals surface area contributed by atoms with Gasteiger partial charge in [0.15, 0.2) is 6.54 Å². The van der Waals surface area contributed by atoms with Crippen molar-refractivity contribution in [2.24, 2.45) is 5.14 Å². The van der Waals surface area contributed by atoms with Gasteiger partial charge in [0.2, 0.25) is 10.0 Å². The van der Waals surface area contributed by atoms with Gasteiger partial charge in [0.1, 0.15) is 13.1 Å². The van der Waals surface area contributed by atoms with E-state index in [0.717, 1.165) is 26.2 Å². The average Bonchev–Trinajstić information content (AvgIpc) is 2.47. The number of nitrogens with one attached hydrogen (secondary N) is 2. The molecule has 8 heteroatoms. The molecule has 6 N–H and O–H groups in total. The molecule has 0 heterocycles. The van der Waals surface area contributed by atoms with Gasteiger partial charge in [-0.1, -0.05) is 0 Å². The van der Waals surface area contributed by atoms with E-state index in [4.69, 9.17) is 5.14 Å². The molecule has 0 aliphatic carbocycles. The molecular formula is C14H26N4O3S+2. The van der Waals surface area contributed by atoms with Gasteiger partial charge in [-0.15, -0.1) is 0 Å². The molecular weight excluding hydrogens is 304 g/mol. The third-order valence-corrected chi connectivity index (χ3v) is 4.43. The Hall–Kier alpha value is -1.48. The summed E-state index contributed by atoms with van der Waals surface area (Å²) >= 11 is 0. The number of primary sulfonamides is 1. The quantitative estimate of drug-likeness (QED) is 0.384. The van der Waals surface area contributed by atoms with Crippen molar-refractivity contribution in [1.82, 2.24) is 0 Å². The maximum absolute atomic E-state index is 11.8. The highest BCUT2D eigenvalue weighted by atomic mass is 32.2. The van der Waals surface area contributed by atoms with Gasteiger partial charge >= 0.3 is 0 Å². The smallest absolute Gasteiger partial charge is 0.279 e. The van der Waals surface area contributed by atoms with Crippen LogP contribution in [0.4, 0.5) is 5.69 Å². The zero-order valence-corrected chi connectivity index (χ0v) is 13.9. The summed E-state index contributed by atoms with van der Waals surface area (Å²) < 4.78 is 22.3. The van der Waals surface area contributed by atoms with E-state index in [-0.39, 0.29) is 10.8 Å². The molecule has 0 atom stereocenters. The predicted molar refractivity (Wildman–Crippen MR) is 85.0 cm³/mol. The molecule has 1 rings (SSSR count). The summed E-state index contributed by atoms with van der Waals surface area (Å²) in [6.07, 6.45) is 0. The first-order chi connectivity index (χ1) is 10.4. The van der Waals surface area contributed by atoms with Crippen molar-refractivity contribution in [2.75, 3.05) is 38.0 Å². The van der Waals surface area contributed by atoms with Crippen molar-refractivity contribution in [3.8, 4) is 0 Å². The van der Waals surface area contributed by atoms with E-state index in [1.165, 1.54) is 29.2 Å². The summed E-state index contributed by atoms with van der Waals surface area (Å²) in [5.74, 6) is -0.113. The van der Waals surface area contributed by atoms with Crippen molar-refractivity contribution in [3.05, 3.63) is 24.3 Å². The lowest BCUT2D eigenvalue weighted by Crippen LogP contribution is -3.14. The topological polar surface area (TPSA) is 110 Å². The van der Waals surface area contributed by atoms with E-state index < -0.39 is 10.0 Å². The van der Waals surface area contributed by atoms with Crippen LogP contribution in [0.3, 0.4) is 0 Å². The summed E-state index contributed by atoms with van der Waals surface area (Å²) in [7, 11) is -3.70. The first kappa shape index (κ1) is 18.6. The van der Waals surface area contributed by atoms with Crippen molar-refractivity contribution in [1.29, 1.82) is 0 Å². The minimum absolute atomic E-state index is 0.0271. The Morgan fingerprint density at radius 1 is 1.23 bits per heavy atom. The first-order valence-electron chi connectivity index (χ1n) is 7.44. The van der Waals surface area contributed by atoms with Gasteiger partial charge < -0.3 is 15.5 Å². The van der Waals surface area contributed by atoms with E-state index in [1.54, 1.807) is 0 Å². The maximum atomic E-state index is 11.8. The van der Waals surface area contributed by atoms with Gasteiger partial charge in [-0.05, 0) is 38.1 Å². The second kappa shape index (κ2) is 8.84. The third kappa shape index (κ3) is 6.52. The molecule has 0 aromatic heterocycles. The number of anilines is 1. The molecule has 0 spiro atoms. The largest absolute Gasteiger partial charge is 0.334 e. The molecule has 0 aliphatic rings. The van der Waals surface area contributed by atoms with E-state index in [0.29, 0.717) is 12.2 Å². The lowest BCUT2D eigenvalue weighted by Gasteiger charge is -2.13. The Labute approximate surface area is 131 Å². The van der Waals surface area contributed by atoms with Crippen LogP contribution in [0.15, 0.2) is 29.2 Å². The zero-order valence-electron chi connectivity index (χ0n) is 13.1. The lowest BCUT2D eigenvalue weighted by atomic mass is 10.3. The van der Waals surface area contributed by atoms with Crippen LogP contribution in [-0.2, 0) is 14.8 Å². The number of likely N-dealkylation sites (N-methyl/N-ethyl adjacent to an activating group) is 1. The molecule has 0 fully saturated rings. The number of carbonyl (C=O) groups is 1. The van der Waals surface area contributed by atoms with Crippen LogP contribution >= 0.6 is 0 Å². The van der Waals surface area contributed by atoms with Crippen molar-refractivity contribution in [3.63, 3.8) is 0 Å². The van der Waals surface area contributed by atoms with Gasteiger partial charge in [0.05, 0.1) is 18.0 Å². The standard InChI is InChI=1S/C14H24N4O3S/c1-3-18(4-2)10-9-16-11-14(19)17-12-5-7-13(8-6-12)22(15,20)21/h5-8,16H,3-4,9-11H2,1-2H3,(H,17,19)(H2,15,20,21)/p+2. The van der Waals surface area contributed by atoms with Gasteiger partial charge in [0, 0.05) is 5.69 Å². The second-order valence-corrected chi connectivity index (χ2v) is 6.67. The minimum Gasteiger partial charge on any atom is -0.334 e. The van der Waals surface area contributed by atoms with Crippen LogP contribution in [0.5, 0.6) is 0 Å². The summed E-state index contributed by atoms with van der Waals surface area (Å²) in [6.45, 7) is 8.75. The van der Waals surface area contributed by atoms with E-state index in [1.807, 2.05) is 5.32 Å². The molecule has 0 saturated carbocycles. The minimum atomic E-state index is -3.70. The van der Waals surface area contributed by atoms with Crippen molar-refractivity contribution < 1.29 is 23.4 Å². The number of hydrogen-bond acceptors (Lipinski definition) is 3. The Balaban J connectivity index is 2.36. The van der Waals surface area contributed by atoms with Crippen molar-refractivity contribution >= 4 is 21.6 Å². The zero-order chi connectivity index (χ0) is 16.6. The fourth-order valence-corrected chi connectivity index (χ4v) is 2.60. The van der Waals surface area contributed by atoms with Crippen LogP contribution in [0, 0.1) is 0 Å². The molecule has 0 bridgehead atoms. The fraction of sp³-hybridized carbons (Fsp3) is 0.500. The Morgan fingerprint density at radius 3 is 2.32 bits per heavy atom. The Kier molecular flexibility index (Phi) is 7.46. The summed E-state index contributed by atoms with van der Waals surface area (Å²) in [6, 6.07) is 5.80. The summed E-state index contributed by atoms with van der Waals surface area (Å²) in [4.78, 5) is 13.3. The molecule has 1 aromatic carbocycles. The Bertz CT molecular complexity index is 568. The highest BCUT2D eigenvalue weighted by Crippen LogP contribution is 2.12. The second-order valence-electron chi connectivity index (χ2n) is 5.11. The number of sulfonamides is 1. The Morgan fingerprint density at radius 2 is 1.82 bits per heavy atom. The van der Waals surface area contributed by atoms with Crippen LogP contribution in [0.25, 0.3) is 0 Å². The SMILES string of the molecule is CC[NH+](CC)CC[NH2+]CC(=O)Nc1ccc(S(N)(=O)=O)cc1. The molecule has 0 saturated heterocycles. The fourth-order valence-electron chi connectivity index (χ4n) is 2.08. The van der Waals surface area contributed by atoms with Gasteiger partial charge in [-0.25, -0.2) is 13.6 Å². The number of quaternary nitrogens is 2. The van der Waals surface area contributed by atoms with Gasteiger partial charge in [-0.2, -0.15) is 0 Å². The highest BCUT2D eigenvalue weighted by molar-refractivity contribution is 7.89. The molecule has 1 amide bonds. The molecule has 22 heavy (non-hydrogen) atoms. The van der Waals surface area contributed by atoms with Crippen molar-refractivity contribution in [2.45, 2.75) is 18.7 Å². The summed E-state index contributed by atoms with van der Waals surface area (Å²) in [5, 5.41) is 9.71. The molecule has 7 nitrogen and oxygen atoms in total. The van der Waals surface area contributed by atoms with Crippen LogP contribution in [-0.4, -0.2) is 47.0 Å². The molecule has 1 aromatic rings. The number of nitrogens with two attached hydrogens (primary N) is 2. The van der Waals surface area contributed by atoms with Gasteiger partial charge in [0.25, 0.3) is 5.91 Å². The average molecular weight is 330 g/mol. The number of rotatable bonds is 9. The molecule has 0 unspecified atom stereocenters. The van der Waals surface area contributed by atoms with Crippen LogP contribution < -0.4 is 20.7 Å². The molecule has 124 valence electrons. The number of amides is 1. The number of hydrogen-bond donors (Lipinski definition) is 4. The van der Waals surface area contributed by atoms with E-state index in [9.17, 15) is 13.2 Å². The molecule has 0 radical (unpaired) electrons. The van der Waals surface area contributed by atoms with Crippen LogP contribution in [0.1, 0.15) is 13.8 Å².